The second-order valence-corrected chi connectivity index (χ2v) is 17.4. The summed E-state index contributed by atoms with van der Waals surface area (Å²) in [6.07, 6.45) is 0.153. The molecule has 2 aromatic rings. The smallest absolute Gasteiger partial charge is 0.410 e. The first kappa shape index (κ1) is 47.2. The van der Waals surface area contributed by atoms with Crippen LogP contribution in [0.25, 0.3) is 11.4 Å². The molecule has 18 nitrogen and oxygen atoms in total. The third-order valence-electron chi connectivity index (χ3n) is 11.1. The van der Waals surface area contributed by atoms with Gasteiger partial charge in [0.2, 0.25) is 0 Å². The Labute approximate surface area is 345 Å². The van der Waals surface area contributed by atoms with Crippen molar-refractivity contribution in [1.29, 1.82) is 0 Å². The van der Waals surface area contributed by atoms with E-state index in [2.05, 4.69) is 4.98 Å². The topological polar surface area (TPSA) is 215 Å². The van der Waals surface area contributed by atoms with Crippen LogP contribution in [0.2, 0.25) is 0 Å². The minimum Gasteiger partial charge on any atom is -0.464 e. The van der Waals surface area contributed by atoms with Crippen molar-refractivity contribution in [3.05, 3.63) is 42.1 Å². The molecule has 0 saturated carbocycles. The van der Waals surface area contributed by atoms with E-state index in [1.807, 2.05) is 11.8 Å². The van der Waals surface area contributed by atoms with Crippen LogP contribution in [0.1, 0.15) is 78.2 Å². The molecule has 2 atom stereocenters. The van der Waals surface area contributed by atoms with Crippen LogP contribution in [0, 0.1) is 0 Å². The average molecular weight is 848 g/mol. The third kappa shape index (κ3) is 10.6. The molecule has 0 aliphatic carbocycles. The monoisotopic (exact) mass is 847 g/mol. The number of rotatable bonds is 17. The molecule has 19 heteroatoms. The number of carbonyl (C=O) groups excluding carboxylic acids is 5. The van der Waals surface area contributed by atoms with Crippen molar-refractivity contribution >= 4 is 43.3 Å². The number of nitrogens with zero attached hydrogens (tertiary/aromatic N) is 6. The number of hydrogen-bond acceptors (Lipinski definition) is 13. The average Bonchev–Trinajstić information content (AvgIpc) is 3.70. The first-order valence-electron chi connectivity index (χ1n) is 20.1. The summed E-state index contributed by atoms with van der Waals surface area (Å²) in [7, 11) is -3.62. The van der Waals surface area contributed by atoms with Crippen molar-refractivity contribution in [2.75, 3.05) is 77.3 Å². The summed E-state index contributed by atoms with van der Waals surface area (Å²) >= 11 is 0. The van der Waals surface area contributed by atoms with Gasteiger partial charge in [0, 0.05) is 45.7 Å². The largest absolute Gasteiger partial charge is 0.464 e. The fourth-order valence-corrected chi connectivity index (χ4v) is 8.34. The van der Waals surface area contributed by atoms with Crippen molar-refractivity contribution in [3.8, 4) is 11.4 Å². The van der Waals surface area contributed by atoms with Crippen LogP contribution in [-0.2, 0) is 37.9 Å². The Kier molecular flexibility index (Phi) is 15.8. The zero-order chi connectivity index (χ0) is 43.8. The summed E-state index contributed by atoms with van der Waals surface area (Å²) in [6, 6.07) is 8.21. The summed E-state index contributed by atoms with van der Waals surface area (Å²) in [5, 5.41) is 0. The van der Waals surface area contributed by atoms with Crippen molar-refractivity contribution in [2.45, 2.75) is 91.0 Å². The number of hydrogen-bond donors (Lipinski definition) is 2. The maximum absolute atomic E-state index is 15.7. The number of methoxy groups -OCH3 is 1. The molecule has 2 N–H and O–H groups in total. The fraction of sp³-hybridized carbons (Fsp3) is 0.625. The molecule has 3 heterocycles. The molecular formula is C40H60N6O12P+. The van der Waals surface area contributed by atoms with Crippen LogP contribution >= 0.6 is 7.60 Å². The Balaban J connectivity index is 1.96. The molecule has 0 unspecified atom stereocenters. The summed E-state index contributed by atoms with van der Waals surface area (Å²) < 4.78 is 34.2. The predicted octanol–water partition coefficient (Wildman–Crippen LogP) is 3.64. The highest BCUT2D eigenvalue weighted by atomic mass is 31.2. The first-order valence-corrected chi connectivity index (χ1v) is 21.9. The van der Waals surface area contributed by atoms with Gasteiger partial charge in [-0.25, -0.2) is 33.6 Å². The molecule has 0 radical (unpaired) electrons. The number of amides is 3. The van der Waals surface area contributed by atoms with Gasteiger partial charge in [-0.05, 0) is 40.5 Å². The fourth-order valence-electron chi connectivity index (χ4n) is 7.57. The van der Waals surface area contributed by atoms with E-state index in [1.165, 1.54) is 38.7 Å². The van der Waals surface area contributed by atoms with Gasteiger partial charge >= 0.3 is 31.5 Å². The van der Waals surface area contributed by atoms with Crippen molar-refractivity contribution in [2.24, 2.45) is 0 Å². The van der Waals surface area contributed by atoms with Gasteiger partial charge in [0.1, 0.15) is 30.1 Å². The van der Waals surface area contributed by atoms with Crippen molar-refractivity contribution < 1.29 is 61.8 Å². The van der Waals surface area contributed by atoms with Gasteiger partial charge < -0.3 is 38.5 Å². The minimum absolute atomic E-state index is 0.0410. The van der Waals surface area contributed by atoms with Gasteiger partial charge in [-0.2, -0.15) is 0 Å². The Bertz CT molecular complexity index is 1860. The van der Waals surface area contributed by atoms with Gasteiger partial charge in [-0.15, -0.1) is 0 Å². The van der Waals surface area contributed by atoms with Crippen molar-refractivity contribution in [3.63, 3.8) is 0 Å². The summed E-state index contributed by atoms with van der Waals surface area (Å²) in [5.74, 6) is -3.25. The molecule has 1 aromatic heterocycles. The van der Waals surface area contributed by atoms with Gasteiger partial charge in [-0.3, -0.25) is 14.3 Å². The number of quaternary nitrogens is 1. The van der Waals surface area contributed by atoms with Crippen LogP contribution in [0.15, 0.2) is 36.4 Å². The van der Waals surface area contributed by atoms with Gasteiger partial charge in [0.15, 0.2) is 17.4 Å². The SMILES string of the molecule is CCCCOC(=O)N1CC[N+](C(=O)[C@H](CP(=O)(O)O)N(C(=O)c2cc(N3CC[C@H](OC)C3)nc(-c3ccccc3)n2)C(C)(C)C(=O)OCC)(C(C)(C)C(=O)OCC)CC1. The van der Waals surface area contributed by atoms with Crippen LogP contribution in [0.3, 0.4) is 0 Å². The van der Waals surface area contributed by atoms with E-state index in [4.69, 9.17) is 23.9 Å². The maximum Gasteiger partial charge on any atom is 0.410 e. The lowest BCUT2D eigenvalue weighted by molar-refractivity contribution is -0.897. The number of unbranched alkanes of at least 4 members (excludes halogenated alkanes) is 1. The number of benzene rings is 1. The highest BCUT2D eigenvalue weighted by Crippen LogP contribution is 2.42. The predicted molar refractivity (Wildman–Crippen MR) is 216 cm³/mol. The second-order valence-electron chi connectivity index (χ2n) is 15.7. The highest BCUT2D eigenvalue weighted by molar-refractivity contribution is 7.51. The maximum atomic E-state index is 15.7. The number of aromatic nitrogens is 2. The molecule has 2 aliphatic rings. The van der Waals surface area contributed by atoms with Crippen molar-refractivity contribution in [1.82, 2.24) is 19.8 Å². The van der Waals surface area contributed by atoms with Gasteiger partial charge in [0.05, 0.1) is 45.2 Å². The summed E-state index contributed by atoms with van der Waals surface area (Å²) in [6.45, 7) is 11.1. The van der Waals surface area contributed by atoms with E-state index in [1.54, 1.807) is 51.3 Å². The van der Waals surface area contributed by atoms with Crippen LogP contribution in [0.5, 0.6) is 0 Å². The normalized spacial score (nSPS) is 17.6. The Morgan fingerprint density at radius 2 is 1.56 bits per heavy atom. The van der Waals surface area contributed by atoms with E-state index in [9.17, 15) is 28.7 Å². The minimum atomic E-state index is -5.22. The molecule has 3 amide bonds. The standard InChI is InChI=1S/C40H59N6O12P/c1-9-12-24-58-38(51)43-20-22-46(23-21-43,40(6,7)37(50)57-11-3)35(48)31(27-59(52,53)54)45(39(4,5)36(49)56-10-2)34(47)30-25-32(44-19-18-29(26-44)55-8)42-33(41-30)28-16-14-13-15-17-28/h13-17,25,29,31H,9-12,18-24,26-27H2,1-8H3,(H-,52,53,54)/p+1/t29-,31-/m0/s1. The number of piperazine rings is 1. The molecule has 59 heavy (non-hydrogen) atoms. The molecule has 326 valence electrons. The third-order valence-corrected chi connectivity index (χ3v) is 11.9. The lowest BCUT2D eigenvalue weighted by atomic mass is 9.92. The Morgan fingerprint density at radius 3 is 2.12 bits per heavy atom. The summed E-state index contributed by atoms with van der Waals surface area (Å²) in [5.41, 5.74) is -3.50. The quantitative estimate of drug-likeness (QED) is 0.0765. The summed E-state index contributed by atoms with van der Waals surface area (Å²) in [4.78, 5) is 107. The van der Waals surface area contributed by atoms with Crippen LogP contribution in [-0.4, -0.2) is 159 Å². The lowest BCUT2D eigenvalue weighted by Crippen LogP contribution is -2.77. The zero-order valence-corrected chi connectivity index (χ0v) is 36.3. The van der Waals surface area contributed by atoms with Gasteiger partial charge in [0.25, 0.3) is 5.91 Å². The second kappa shape index (κ2) is 19.7. The number of ether oxygens (including phenoxy) is 4. The molecule has 2 fully saturated rings. The van der Waals surface area contributed by atoms with Crippen LogP contribution < -0.4 is 4.90 Å². The van der Waals surface area contributed by atoms with E-state index in [-0.39, 0.29) is 63.6 Å². The zero-order valence-electron chi connectivity index (χ0n) is 35.4. The van der Waals surface area contributed by atoms with Gasteiger partial charge in [-0.1, -0.05) is 43.7 Å². The number of anilines is 1. The lowest BCUT2D eigenvalue weighted by Gasteiger charge is -2.52. The van der Waals surface area contributed by atoms with E-state index < -0.39 is 65.2 Å². The molecule has 4 rings (SSSR count). The Hall–Kier alpha value is -4.48. The number of esters is 2. The number of carbonyl (C=O) groups is 5. The van der Waals surface area contributed by atoms with Crippen LogP contribution in [0.4, 0.5) is 10.6 Å². The Morgan fingerprint density at radius 1 is 0.932 bits per heavy atom. The molecule has 0 bridgehead atoms. The molecular weight excluding hydrogens is 787 g/mol. The van der Waals surface area contributed by atoms with E-state index in [0.29, 0.717) is 37.3 Å². The highest BCUT2D eigenvalue weighted by Gasteiger charge is 2.62. The first-order chi connectivity index (χ1) is 27.8. The molecule has 2 saturated heterocycles. The molecule has 2 aliphatic heterocycles. The van der Waals surface area contributed by atoms with E-state index >= 15 is 9.59 Å². The molecule has 0 spiro atoms. The molecule has 1 aromatic carbocycles. The van der Waals surface area contributed by atoms with E-state index in [0.717, 1.165) is 11.3 Å².